The highest BCUT2D eigenvalue weighted by molar-refractivity contribution is 5.44. The molecular weight excluding hydrogens is 294 g/mol. The van der Waals surface area contributed by atoms with Gasteiger partial charge in [-0.1, -0.05) is 13.0 Å². The van der Waals surface area contributed by atoms with Crippen LogP contribution in [-0.2, 0) is 6.42 Å². The minimum atomic E-state index is 0.241. The Balaban J connectivity index is 1.61. The number of nitrogen functional groups attached to an aromatic ring is 1. The van der Waals surface area contributed by atoms with Crippen LogP contribution in [0.5, 0.6) is 11.5 Å². The highest BCUT2D eigenvalue weighted by Crippen LogP contribution is 2.32. The van der Waals surface area contributed by atoms with Gasteiger partial charge in [-0.25, -0.2) is 0 Å². The summed E-state index contributed by atoms with van der Waals surface area (Å²) in [4.78, 5) is 12.4. The molecule has 0 saturated heterocycles. The van der Waals surface area contributed by atoms with Gasteiger partial charge in [0.15, 0.2) is 11.5 Å². The zero-order valence-electron chi connectivity index (χ0n) is 13.4. The number of nitrogens with zero attached hydrogens (tertiary/aromatic N) is 3. The van der Waals surface area contributed by atoms with Gasteiger partial charge in [0, 0.05) is 6.04 Å². The van der Waals surface area contributed by atoms with E-state index in [1.807, 2.05) is 12.1 Å². The van der Waals surface area contributed by atoms with Crippen LogP contribution >= 0.6 is 0 Å². The maximum Gasteiger partial charge on any atom is 0.231 e. The number of rotatable bonds is 6. The fourth-order valence-electron chi connectivity index (χ4n) is 2.57. The summed E-state index contributed by atoms with van der Waals surface area (Å²) in [6, 6.07) is 6.34. The molecule has 1 aliphatic rings. The minimum absolute atomic E-state index is 0.241. The van der Waals surface area contributed by atoms with E-state index >= 15 is 0 Å². The first-order valence-electron chi connectivity index (χ1n) is 7.77. The number of benzene rings is 1. The Labute approximate surface area is 135 Å². The molecule has 0 bridgehead atoms. The van der Waals surface area contributed by atoms with Crippen molar-refractivity contribution in [1.29, 1.82) is 0 Å². The molecule has 122 valence electrons. The summed E-state index contributed by atoms with van der Waals surface area (Å²) >= 11 is 0. The molecule has 0 aliphatic carbocycles. The third-order valence-corrected chi connectivity index (χ3v) is 3.81. The van der Waals surface area contributed by atoms with Crippen molar-refractivity contribution >= 4 is 11.9 Å². The second-order valence-corrected chi connectivity index (χ2v) is 5.54. The van der Waals surface area contributed by atoms with Crippen molar-refractivity contribution in [3.8, 4) is 11.5 Å². The fraction of sp³-hybridized carbons (Fsp3) is 0.438. The third kappa shape index (κ3) is 3.80. The predicted octanol–water partition coefficient (Wildman–Crippen LogP) is 2.31. The highest BCUT2D eigenvalue weighted by Gasteiger charge is 2.14. The molecule has 0 spiro atoms. The van der Waals surface area contributed by atoms with Crippen molar-refractivity contribution in [3.63, 3.8) is 0 Å². The zero-order chi connectivity index (χ0) is 16.2. The fourth-order valence-corrected chi connectivity index (χ4v) is 2.57. The van der Waals surface area contributed by atoms with Crippen molar-refractivity contribution in [2.75, 3.05) is 17.8 Å². The summed E-state index contributed by atoms with van der Waals surface area (Å²) in [5.74, 6) is 3.03. The molecule has 3 N–H and O–H groups in total. The number of fused-ring (bicyclic) bond motifs is 1. The Morgan fingerprint density at radius 3 is 2.83 bits per heavy atom. The Kier molecular flexibility index (Phi) is 4.45. The number of aryl methyl sites for hydroxylation is 2. The normalized spacial score (nSPS) is 13.8. The molecule has 1 atom stereocenters. The highest BCUT2D eigenvalue weighted by atomic mass is 16.7. The van der Waals surface area contributed by atoms with Gasteiger partial charge in [0.25, 0.3) is 0 Å². The number of nitrogens with one attached hydrogen (secondary N) is 1. The van der Waals surface area contributed by atoms with Crippen molar-refractivity contribution in [2.45, 2.75) is 39.2 Å². The lowest BCUT2D eigenvalue weighted by Gasteiger charge is -2.17. The molecule has 0 fully saturated rings. The Hall–Kier alpha value is -2.57. The summed E-state index contributed by atoms with van der Waals surface area (Å²) in [5.41, 5.74) is 6.89. The van der Waals surface area contributed by atoms with Crippen LogP contribution in [0.15, 0.2) is 18.2 Å². The van der Waals surface area contributed by atoms with E-state index in [4.69, 9.17) is 15.2 Å². The van der Waals surface area contributed by atoms with Gasteiger partial charge >= 0.3 is 0 Å². The molecule has 23 heavy (non-hydrogen) atoms. The Bertz CT molecular complexity index is 672. The molecule has 0 radical (unpaired) electrons. The standard InChI is InChI=1S/C16H21N5O2/c1-3-12(20-16-19-10(2)18-15(17)21-16)6-4-11-5-7-13-14(8-11)23-9-22-13/h5,7-8,12H,3-4,6,9H2,1-2H3,(H3,17,18,19,20,21). The summed E-state index contributed by atoms with van der Waals surface area (Å²) in [5, 5.41) is 3.33. The first-order chi connectivity index (χ1) is 11.1. The average molecular weight is 315 g/mol. The molecule has 1 aliphatic heterocycles. The van der Waals surface area contributed by atoms with Crippen LogP contribution in [0.3, 0.4) is 0 Å². The van der Waals surface area contributed by atoms with Crippen LogP contribution in [0.4, 0.5) is 11.9 Å². The van der Waals surface area contributed by atoms with Crippen molar-refractivity contribution < 1.29 is 9.47 Å². The largest absolute Gasteiger partial charge is 0.454 e. The third-order valence-electron chi connectivity index (χ3n) is 3.81. The van der Waals surface area contributed by atoms with E-state index in [0.29, 0.717) is 18.6 Å². The second-order valence-electron chi connectivity index (χ2n) is 5.54. The minimum Gasteiger partial charge on any atom is -0.454 e. The summed E-state index contributed by atoms with van der Waals surface area (Å²) in [6.45, 7) is 4.24. The zero-order valence-corrected chi connectivity index (χ0v) is 13.4. The maximum atomic E-state index is 5.67. The lowest BCUT2D eigenvalue weighted by molar-refractivity contribution is 0.174. The number of ether oxygens (including phenoxy) is 2. The van der Waals surface area contributed by atoms with E-state index in [9.17, 15) is 0 Å². The van der Waals surface area contributed by atoms with Gasteiger partial charge < -0.3 is 20.5 Å². The molecule has 0 saturated carbocycles. The van der Waals surface area contributed by atoms with Gasteiger partial charge in [-0.2, -0.15) is 15.0 Å². The van der Waals surface area contributed by atoms with Crippen LogP contribution in [0.25, 0.3) is 0 Å². The number of nitrogens with two attached hydrogens (primary N) is 1. The first kappa shape index (κ1) is 15.3. The van der Waals surface area contributed by atoms with Crippen LogP contribution in [0.1, 0.15) is 31.2 Å². The number of hydrogen-bond acceptors (Lipinski definition) is 7. The van der Waals surface area contributed by atoms with Crippen LogP contribution in [-0.4, -0.2) is 27.8 Å². The summed E-state index contributed by atoms with van der Waals surface area (Å²) in [7, 11) is 0. The smallest absolute Gasteiger partial charge is 0.231 e. The molecule has 7 heteroatoms. The van der Waals surface area contributed by atoms with E-state index in [2.05, 4.69) is 33.3 Å². The van der Waals surface area contributed by atoms with Gasteiger partial charge in [-0.15, -0.1) is 0 Å². The first-order valence-corrected chi connectivity index (χ1v) is 7.77. The topological polar surface area (TPSA) is 95.2 Å². The van der Waals surface area contributed by atoms with Gasteiger partial charge in [0.2, 0.25) is 18.7 Å². The lowest BCUT2D eigenvalue weighted by Crippen LogP contribution is -2.21. The predicted molar refractivity (Wildman–Crippen MR) is 87.6 cm³/mol. The molecule has 7 nitrogen and oxygen atoms in total. The number of aromatic nitrogens is 3. The van der Waals surface area contributed by atoms with Crippen LogP contribution < -0.4 is 20.5 Å². The SMILES string of the molecule is CCC(CCc1ccc2c(c1)OCO2)Nc1nc(C)nc(N)n1. The second kappa shape index (κ2) is 6.68. The van der Waals surface area contributed by atoms with Crippen molar-refractivity contribution in [2.24, 2.45) is 0 Å². The maximum absolute atomic E-state index is 5.67. The van der Waals surface area contributed by atoms with Crippen LogP contribution in [0.2, 0.25) is 0 Å². The molecular formula is C16H21N5O2. The molecule has 1 aromatic carbocycles. The van der Waals surface area contributed by atoms with Gasteiger partial charge in [-0.3, -0.25) is 0 Å². The molecule has 0 amide bonds. The van der Waals surface area contributed by atoms with E-state index in [1.165, 1.54) is 5.56 Å². The van der Waals surface area contributed by atoms with Crippen LogP contribution in [0, 0.1) is 6.92 Å². The molecule has 2 heterocycles. The quantitative estimate of drug-likeness (QED) is 0.844. The average Bonchev–Trinajstić information content (AvgIpc) is 2.98. The number of hydrogen-bond donors (Lipinski definition) is 2. The number of anilines is 2. The molecule has 2 aromatic rings. The molecule has 1 aromatic heterocycles. The van der Waals surface area contributed by atoms with Gasteiger partial charge in [0.05, 0.1) is 0 Å². The molecule has 1 unspecified atom stereocenters. The Morgan fingerprint density at radius 2 is 2.04 bits per heavy atom. The molecule has 3 rings (SSSR count). The van der Waals surface area contributed by atoms with E-state index in [0.717, 1.165) is 30.8 Å². The van der Waals surface area contributed by atoms with E-state index < -0.39 is 0 Å². The summed E-state index contributed by atoms with van der Waals surface area (Å²) in [6.07, 6.45) is 2.86. The van der Waals surface area contributed by atoms with Crippen molar-refractivity contribution in [1.82, 2.24) is 15.0 Å². The van der Waals surface area contributed by atoms with E-state index in [-0.39, 0.29) is 12.0 Å². The lowest BCUT2D eigenvalue weighted by atomic mass is 10.0. The van der Waals surface area contributed by atoms with Gasteiger partial charge in [0.1, 0.15) is 5.82 Å². The van der Waals surface area contributed by atoms with Crippen molar-refractivity contribution in [3.05, 3.63) is 29.6 Å². The summed E-state index contributed by atoms with van der Waals surface area (Å²) < 4.78 is 10.7. The van der Waals surface area contributed by atoms with Gasteiger partial charge in [-0.05, 0) is 43.9 Å². The van der Waals surface area contributed by atoms with E-state index in [1.54, 1.807) is 6.92 Å². The Morgan fingerprint density at radius 1 is 1.22 bits per heavy atom. The monoisotopic (exact) mass is 315 g/mol.